The smallest absolute Gasteiger partial charge is 0.338 e. The number of nitrogens with zero attached hydrogens (tertiary/aromatic N) is 2. The van der Waals surface area contributed by atoms with Crippen LogP contribution in [0.1, 0.15) is 10.4 Å². The molecule has 0 fully saturated rings. The third-order valence-corrected chi connectivity index (χ3v) is 2.22. The van der Waals surface area contributed by atoms with Gasteiger partial charge in [-0.25, -0.2) is 14.8 Å². The van der Waals surface area contributed by atoms with E-state index >= 15 is 0 Å². The number of carboxylic acid groups (broad SMARTS) is 1. The van der Waals surface area contributed by atoms with E-state index in [-0.39, 0.29) is 5.56 Å². The molecule has 0 radical (unpaired) electrons. The van der Waals surface area contributed by atoms with Crippen molar-refractivity contribution in [2.45, 2.75) is 0 Å². The van der Waals surface area contributed by atoms with Crippen molar-refractivity contribution in [2.75, 3.05) is 12.4 Å². The molecule has 6 heteroatoms. The second kappa shape index (κ2) is 5.13. The summed E-state index contributed by atoms with van der Waals surface area (Å²) in [5.74, 6) is -0.0154. The third kappa shape index (κ3) is 2.73. The molecular weight excluding hydrogens is 234 g/mol. The monoisotopic (exact) mass is 245 g/mol. The number of methoxy groups -OCH3 is 1. The Balaban J connectivity index is 2.15. The lowest BCUT2D eigenvalue weighted by atomic mass is 10.3. The van der Waals surface area contributed by atoms with E-state index in [1.165, 1.54) is 12.4 Å². The van der Waals surface area contributed by atoms with E-state index in [1.54, 1.807) is 13.2 Å². The number of aromatic carboxylic acids is 1. The molecule has 2 aromatic rings. The van der Waals surface area contributed by atoms with Crippen molar-refractivity contribution in [3.05, 3.63) is 42.2 Å². The van der Waals surface area contributed by atoms with Gasteiger partial charge in [-0.1, -0.05) is 6.07 Å². The van der Waals surface area contributed by atoms with Crippen LogP contribution in [0.15, 0.2) is 36.7 Å². The van der Waals surface area contributed by atoms with Crippen molar-refractivity contribution in [2.24, 2.45) is 0 Å². The Bertz CT molecular complexity index is 555. The summed E-state index contributed by atoms with van der Waals surface area (Å²) in [5.41, 5.74) is 0.809. The minimum Gasteiger partial charge on any atom is -0.497 e. The molecule has 1 heterocycles. The SMILES string of the molecule is COc1cccc(Nc2ncc(C(=O)O)cn2)c1. The van der Waals surface area contributed by atoms with E-state index in [2.05, 4.69) is 15.3 Å². The van der Waals surface area contributed by atoms with Gasteiger partial charge in [0.2, 0.25) is 5.95 Å². The number of nitrogens with one attached hydrogen (secondary N) is 1. The molecule has 0 aliphatic carbocycles. The summed E-state index contributed by atoms with van der Waals surface area (Å²) in [7, 11) is 1.58. The van der Waals surface area contributed by atoms with E-state index in [9.17, 15) is 4.79 Å². The highest BCUT2D eigenvalue weighted by Gasteiger charge is 2.04. The Morgan fingerprint density at radius 2 is 2.06 bits per heavy atom. The van der Waals surface area contributed by atoms with Gasteiger partial charge in [0.1, 0.15) is 5.75 Å². The first kappa shape index (κ1) is 11.8. The molecule has 0 unspecified atom stereocenters. The molecule has 0 spiro atoms. The zero-order valence-corrected chi connectivity index (χ0v) is 9.62. The van der Waals surface area contributed by atoms with Crippen molar-refractivity contribution < 1.29 is 14.6 Å². The molecule has 2 N–H and O–H groups in total. The molecule has 0 aliphatic rings. The first-order chi connectivity index (χ1) is 8.69. The van der Waals surface area contributed by atoms with Crippen molar-refractivity contribution in [3.63, 3.8) is 0 Å². The fraction of sp³-hybridized carbons (Fsp3) is 0.0833. The maximum absolute atomic E-state index is 10.6. The van der Waals surface area contributed by atoms with Crippen LogP contribution in [0.2, 0.25) is 0 Å². The third-order valence-electron chi connectivity index (χ3n) is 2.22. The average molecular weight is 245 g/mol. The van der Waals surface area contributed by atoms with Crippen LogP contribution in [0.25, 0.3) is 0 Å². The van der Waals surface area contributed by atoms with Gasteiger partial charge in [-0.15, -0.1) is 0 Å². The zero-order valence-electron chi connectivity index (χ0n) is 9.62. The lowest BCUT2D eigenvalue weighted by molar-refractivity contribution is 0.0696. The van der Waals surface area contributed by atoms with Crippen LogP contribution in [0, 0.1) is 0 Å². The van der Waals surface area contributed by atoms with E-state index < -0.39 is 5.97 Å². The Morgan fingerprint density at radius 3 is 2.67 bits per heavy atom. The van der Waals surface area contributed by atoms with Crippen molar-refractivity contribution in [3.8, 4) is 5.75 Å². The predicted molar refractivity (Wildman–Crippen MR) is 65.3 cm³/mol. The van der Waals surface area contributed by atoms with Crippen molar-refractivity contribution >= 4 is 17.6 Å². The minimum absolute atomic E-state index is 0.0474. The first-order valence-corrected chi connectivity index (χ1v) is 5.15. The molecular formula is C12H11N3O3. The minimum atomic E-state index is -1.05. The maximum Gasteiger partial charge on any atom is 0.338 e. The topological polar surface area (TPSA) is 84.3 Å². The Morgan fingerprint density at radius 1 is 1.33 bits per heavy atom. The zero-order chi connectivity index (χ0) is 13.0. The highest BCUT2D eigenvalue weighted by atomic mass is 16.5. The van der Waals surface area contributed by atoms with Gasteiger partial charge in [0.25, 0.3) is 0 Å². The average Bonchev–Trinajstić information content (AvgIpc) is 2.39. The Hall–Kier alpha value is -2.63. The second-order valence-electron chi connectivity index (χ2n) is 3.46. The number of aromatic nitrogens is 2. The summed E-state index contributed by atoms with van der Waals surface area (Å²) in [5, 5.41) is 11.7. The van der Waals surface area contributed by atoms with Gasteiger partial charge in [0, 0.05) is 24.1 Å². The number of anilines is 2. The molecule has 1 aromatic carbocycles. The van der Waals surface area contributed by atoms with Crippen LogP contribution in [0.3, 0.4) is 0 Å². The molecule has 6 nitrogen and oxygen atoms in total. The lowest BCUT2D eigenvalue weighted by Gasteiger charge is -2.06. The number of benzene rings is 1. The Labute approximate surface area is 103 Å². The number of carboxylic acids is 1. The molecule has 2 rings (SSSR count). The van der Waals surface area contributed by atoms with Gasteiger partial charge in [-0.3, -0.25) is 0 Å². The normalized spacial score (nSPS) is 9.83. The summed E-state index contributed by atoms with van der Waals surface area (Å²) >= 11 is 0. The summed E-state index contributed by atoms with van der Waals surface area (Å²) in [6, 6.07) is 7.26. The van der Waals surface area contributed by atoms with Crippen LogP contribution in [-0.2, 0) is 0 Å². The molecule has 0 saturated carbocycles. The molecule has 0 amide bonds. The number of carbonyl (C=O) groups is 1. The van der Waals surface area contributed by atoms with Crippen LogP contribution in [0.4, 0.5) is 11.6 Å². The molecule has 0 aliphatic heterocycles. The highest BCUT2D eigenvalue weighted by molar-refractivity contribution is 5.86. The van der Waals surface area contributed by atoms with Gasteiger partial charge in [0.15, 0.2) is 0 Å². The largest absolute Gasteiger partial charge is 0.497 e. The number of ether oxygens (including phenoxy) is 1. The molecule has 0 saturated heterocycles. The van der Waals surface area contributed by atoms with Gasteiger partial charge in [-0.2, -0.15) is 0 Å². The number of hydrogen-bond donors (Lipinski definition) is 2. The van der Waals surface area contributed by atoms with Gasteiger partial charge in [-0.05, 0) is 12.1 Å². The van der Waals surface area contributed by atoms with Crippen LogP contribution >= 0.6 is 0 Å². The predicted octanol–water partition coefficient (Wildman–Crippen LogP) is 1.93. The van der Waals surface area contributed by atoms with E-state index in [0.29, 0.717) is 11.7 Å². The second-order valence-corrected chi connectivity index (χ2v) is 3.46. The molecule has 1 aromatic heterocycles. The van der Waals surface area contributed by atoms with E-state index in [0.717, 1.165) is 5.69 Å². The lowest BCUT2D eigenvalue weighted by Crippen LogP contribution is -2.02. The van der Waals surface area contributed by atoms with E-state index in [1.807, 2.05) is 18.2 Å². The summed E-state index contributed by atoms with van der Waals surface area (Å²) in [6.07, 6.45) is 2.50. The number of rotatable bonds is 4. The molecule has 18 heavy (non-hydrogen) atoms. The van der Waals surface area contributed by atoms with Crippen LogP contribution in [-0.4, -0.2) is 28.2 Å². The number of hydrogen-bond acceptors (Lipinski definition) is 5. The van der Waals surface area contributed by atoms with E-state index in [4.69, 9.17) is 9.84 Å². The molecule has 92 valence electrons. The Kier molecular flexibility index (Phi) is 3.38. The fourth-order valence-electron chi connectivity index (χ4n) is 1.33. The van der Waals surface area contributed by atoms with Gasteiger partial charge in [0.05, 0.1) is 12.7 Å². The quantitative estimate of drug-likeness (QED) is 0.856. The molecule has 0 atom stereocenters. The standard InChI is InChI=1S/C12H11N3O3/c1-18-10-4-2-3-9(5-10)15-12-13-6-8(7-14-12)11(16)17/h2-7H,1H3,(H,16,17)(H,13,14,15). The summed E-state index contributed by atoms with van der Waals surface area (Å²) < 4.78 is 5.08. The maximum atomic E-state index is 10.6. The van der Waals surface area contributed by atoms with Crippen LogP contribution < -0.4 is 10.1 Å². The molecule has 0 bridgehead atoms. The van der Waals surface area contributed by atoms with Gasteiger partial charge >= 0.3 is 5.97 Å². The highest BCUT2D eigenvalue weighted by Crippen LogP contribution is 2.19. The fourth-order valence-corrected chi connectivity index (χ4v) is 1.33. The van der Waals surface area contributed by atoms with Crippen molar-refractivity contribution in [1.82, 2.24) is 9.97 Å². The first-order valence-electron chi connectivity index (χ1n) is 5.15. The van der Waals surface area contributed by atoms with Crippen LogP contribution in [0.5, 0.6) is 5.75 Å². The summed E-state index contributed by atoms with van der Waals surface area (Å²) in [4.78, 5) is 18.5. The van der Waals surface area contributed by atoms with Gasteiger partial charge < -0.3 is 15.2 Å². The summed E-state index contributed by atoms with van der Waals surface area (Å²) in [6.45, 7) is 0. The van der Waals surface area contributed by atoms with Crippen molar-refractivity contribution in [1.29, 1.82) is 0 Å².